The molecule has 0 aliphatic carbocycles. The van der Waals surface area contributed by atoms with Gasteiger partial charge in [0.1, 0.15) is 0 Å². The van der Waals surface area contributed by atoms with E-state index in [2.05, 4.69) is 31.7 Å². The van der Waals surface area contributed by atoms with Gasteiger partial charge in [0.05, 0.1) is 11.5 Å². The smallest absolute Gasteiger partial charge is 0.243 e. The van der Waals surface area contributed by atoms with E-state index in [1.807, 2.05) is 12.1 Å². The van der Waals surface area contributed by atoms with Crippen molar-refractivity contribution in [3.05, 3.63) is 46.3 Å². The molecule has 0 radical (unpaired) electrons. The van der Waals surface area contributed by atoms with Crippen LogP contribution < -0.4 is 4.74 Å². The molecule has 2 aliphatic heterocycles. The average Bonchev–Trinajstić information content (AvgIpc) is 3.19. The molecule has 1 aromatic heterocycles. The molecule has 0 atom stereocenters. The summed E-state index contributed by atoms with van der Waals surface area (Å²) in [6.45, 7) is 11.6. The maximum Gasteiger partial charge on any atom is 0.243 e. The molecular weight excluding hydrogens is 440 g/mol. The van der Waals surface area contributed by atoms with Gasteiger partial charge in [0.15, 0.2) is 5.06 Å². The van der Waals surface area contributed by atoms with Crippen LogP contribution in [-0.4, -0.2) is 50.4 Å². The lowest BCUT2D eigenvalue weighted by atomic mass is 9.87. The van der Waals surface area contributed by atoms with Crippen molar-refractivity contribution in [3.8, 4) is 5.06 Å². The topological polar surface area (TPSA) is 49.9 Å². The second kappa shape index (κ2) is 9.84. The van der Waals surface area contributed by atoms with Crippen LogP contribution in [0.15, 0.2) is 35.2 Å². The number of piperidine rings is 1. The fraction of sp³-hybridized carbons (Fsp3) is 0.600. The fourth-order valence-electron chi connectivity index (χ4n) is 4.47. The van der Waals surface area contributed by atoms with Gasteiger partial charge in [-0.3, -0.25) is 0 Å². The van der Waals surface area contributed by atoms with E-state index in [4.69, 9.17) is 4.74 Å². The van der Waals surface area contributed by atoms with E-state index in [0.717, 1.165) is 41.5 Å². The zero-order chi connectivity index (χ0) is 22.8. The van der Waals surface area contributed by atoms with Gasteiger partial charge in [0, 0.05) is 24.5 Å². The van der Waals surface area contributed by atoms with Crippen LogP contribution in [0.2, 0.25) is 0 Å². The highest BCUT2D eigenvalue weighted by Crippen LogP contribution is 2.35. The highest BCUT2D eigenvalue weighted by molar-refractivity contribution is 7.89. The van der Waals surface area contributed by atoms with Gasteiger partial charge >= 0.3 is 0 Å². The van der Waals surface area contributed by atoms with Crippen LogP contribution in [0.25, 0.3) is 0 Å². The Morgan fingerprint density at radius 1 is 1.03 bits per heavy atom. The third-order valence-corrected chi connectivity index (χ3v) is 9.43. The largest absolute Gasteiger partial charge is 0.484 e. The SMILES string of the molecule is CC(C)(C)c1ccc(S(=O)(=O)N2CCc3cc(OCCCN4CCCCC4)sc3C2)cc1. The van der Waals surface area contributed by atoms with Gasteiger partial charge < -0.3 is 9.64 Å². The van der Waals surface area contributed by atoms with Crippen molar-refractivity contribution in [2.45, 2.75) is 69.7 Å². The summed E-state index contributed by atoms with van der Waals surface area (Å²) in [5.74, 6) is 0. The predicted molar refractivity (Wildman–Crippen MR) is 131 cm³/mol. The molecule has 2 aromatic rings. The van der Waals surface area contributed by atoms with Crippen LogP contribution in [0, 0.1) is 0 Å². The molecular formula is C25H36N2O3S2. The highest BCUT2D eigenvalue weighted by Gasteiger charge is 2.30. The molecule has 1 fully saturated rings. The number of hydrogen-bond donors (Lipinski definition) is 0. The van der Waals surface area contributed by atoms with Gasteiger partial charge in [0.25, 0.3) is 0 Å². The molecule has 1 saturated heterocycles. The molecule has 0 bridgehead atoms. The molecule has 1 aromatic carbocycles. The summed E-state index contributed by atoms with van der Waals surface area (Å²) in [7, 11) is -3.50. The third kappa shape index (κ3) is 5.56. The summed E-state index contributed by atoms with van der Waals surface area (Å²) in [4.78, 5) is 4.01. The summed E-state index contributed by atoms with van der Waals surface area (Å²) < 4.78 is 34.1. The molecule has 0 saturated carbocycles. The summed E-state index contributed by atoms with van der Waals surface area (Å²) in [5.41, 5.74) is 2.37. The number of thiophene rings is 1. The van der Waals surface area contributed by atoms with Crippen LogP contribution in [0.1, 0.15) is 62.5 Å². The number of fused-ring (bicyclic) bond motifs is 1. The van der Waals surface area contributed by atoms with Crippen LogP contribution in [0.5, 0.6) is 5.06 Å². The number of sulfonamides is 1. The van der Waals surface area contributed by atoms with Gasteiger partial charge in [-0.1, -0.05) is 39.3 Å². The predicted octanol–water partition coefficient (Wildman–Crippen LogP) is 5.05. The zero-order valence-corrected chi connectivity index (χ0v) is 21.2. The van der Waals surface area contributed by atoms with Gasteiger partial charge in [0.2, 0.25) is 10.0 Å². The number of benzene rings is 1. The van der Waals surface area contributed by atoms with Gasteiger partial charge in [-0.2, -0.15) is 4.31 Å². The highest BCUT2D eigenvalue weighted by atomic mass is 32.2. The van der Waals surface area contributed by atoms with Crippen molar-refractivity contribution in [1.82, 2.24) is 9.21 Å². The molecule has 0 unspecified atom stereocenters. The Morgan fingerprint density at radius 3 is 2.44 bits per heavy atom. The van der Waals surface area contributed by atoms with E-state index in [1.54, 1.807) is 27.8 Å². The number of ether oxygens (including phenoxy) is 1. The van der Waals surface area contributed by atoms with Gasteiger partial charge in [-0.15, -0.1) is 11.3 Å². The van der Waals surface area contributed by atoms with Crippen molar-refractivity contribution >= 4 is 21.4 Å². The number of nitrogens with zero attached hydrogens (tertiary/aromatic N) is 2. The Balaban J connectivity index is 1.34. The molecule has 7 heteroatoms. The van der Waals surface area contributed by atoms with E-state index in [-0.39, 0.29) is 5.41 Å². The molecule has 32 heavy (non-hydrogen) atoms. The number of hydrogen-bond acceptors (Lipinski definition) is 5. The van der Waals surface area contributed by atoms with Crippen molar-refractivity contribution in [3.63, 3.8) is 0 Å². The quantitative estimate of drug-likeness (QED) is 0.525. The lowest BCUT2D eigenvalue weighted by molar-refractivity contribution is 0.206. The second-order valence-corrected chi connectivity index (χ2v) is 13.0. The zero-order valence-electron chi connectivity index (χ0n) is 19.6. The van der Waals surface area contributed by atoms with E-state index >= 15 is 0 Å². The maximum atomic E-state index is 13.2. The Bertz CT molecular complexity index is 1000. The average molecular weight is 477 g/mol. The third-order valence-electron chi connectivity index (χ3n) is 6.49. The molecule has 2 aliphatic rings. The summed E-state index contributed by atoms with van der Waals surface area (Å²) in [6, 6.07) is 9.48. The van der Waals surface area contributed by atoms with Crippen molar-refractivity contribution in [2.24, 2.45) is 0 Å². The van der Waals surface area contributed by atoms with E-state index in [1.165, 1.54) is 37.9 Å². The molecule has 0 amide bonds. The minimum absolute atomic E-state index is 0.00344. The van der Waals surface area contributed by atoms with Crippen LogP contribution in [-0.2, 0) is 28.4 Å². The Labute approximate surface area is 197 Å². The first-order chi connectivity index (χ1) is 15.2. The summed E-state index contributed by atoms with van der Waals surface area (Å²) >= 11 is 1.60. The first kappa shape index (κ1) is 23.7. The standard InChI is InChI=1S/C25H36N2O3S2/c1-25(2,3)21-8-10-22(11-9-21)32(28,29)27-16-12-20-18-24(31-23(20)19-27)30-17-7-15-26-13-5-4-6-14-26/h8-11,18H,4-7,12-17,19H2,1-3H3. The fourth-order valence-corrected chi connectivity index (χ4v) is 7.05. The Kier molecular flexibility index (Phi) is 7.30. The van der Waals surface area contributed by atoms with Gasteiger partial charge in [-0.25, -0.2) is 8.42 Å². The second-order valence-electron chi connectivity index (χ2n) is 9.98. The Hall–Kier alpha value is -1.41. The summed E-state index contributed by atoms with van der Waals surface area (Å²) in [5, 5.41) is 0.919. The molecule has 0 spiro atoms. The van der Waals surface area contributed by atoms with E-state index in [0.29, 0.717) is 18.0 Å². The molecule has 176 valence electrons. The first-order valence-electron chi connectivity index (χ1n) is 11.8. The molecule has 5 nitrogen and oxygen atoms in total. The molecule has 4 rings (SSSR count). The van der Waals surface area contributed by atoms with Crippen molar-refractivity contribution < 1.29 is 13.2 Å². The minimum atomic E-state index is -3.50. The molecule has 3 heterocycles. The molecule has 0 N–H and O–H groups in total. The van der Waals surface area contributed by atoms with E-state index < -0.39 is 10.0 Å². The van der Waals surface area contributed by atoms with Crippen molar-refractivity contribution in [2.75, 3.05) is 32.8 Å². The van der Waals surface area contributed by atoms with Crippen LogP contribution >= 0.6 is 11.3 Å². The monoisotopic (exact) mass is 476 g/mol. The lowest BCUT2D eigenvalue weighted by Gasteiger charge is -2.26. The minimum Gasteiger partial charge on any atom is -0.484 e. The number of likely N-dealkylation sites (tertiary alicyclic amines) is 1. The Morgan fingerprint density at radius 2 is 1.75 bits per heavy atom. The normalized spacial score (nSPS) is 18.5. The maximum absolute atomic E-state index is 13.2. The van der Waals surface area contributed by atoms with Crippen LogP contribution in [0.4, 0.5) is 0 Å². The number of rotatable bonds is 7. The first-order valence-corrected chi connectivity index (χ1v) is 14.1. The van der Waals surface area contributed by atoms with Crippen molar-refractivity contribution in [1.29, 1.82) is 0 Å². The summed E-state index contributed by atoms with van der Waals surface area (Å²) in [6.07, 6.45) is 5.77. The van der Waals surface area contributed by atoms with Crippen LogP contribution in [0.3, 0.4) is 0 Å². The lowest BCUT2D eigenvalue weighted by Crippen LogP contribution is -2.35. The van der Waals surface area contributed by atoms with Gasteiger partial charge in [-0.05, 0) is 73.5 Å². The van der Waals surface area contributed by atoms with E-state index in [9.17, 15) is 8.42 Å².